The first-order valence-electron chi connectivity index (χ1n) is 9.75. The van der Waals surface area contributed by atoms with Crippen molar-refractivity contribution in [1.29, 1.82) is 0 Å². The summed E-state index contributed by atoms with van der Waals surface area (Å²) in [6.07, 6.45) is 1.09. The Hall–Kier alpha value is -3.31. The van der Waals surface area contributed by atoms with Crippen LogP contribution in [0.25, 0.3) is 10.9 Å². The van der Waals surface area contributed by atoms with Gasteiger partial charge < -0.3 is 10.3 Å². The van der Waals surface area contributed by atoms with Gasteiger partial charge in [0, 0.05) is 18.8 Å². The maximum atomic E-state index is 13.2. The number of anilines is 1. The summed E-state index contributed by atoms with van der Waals surface area (Å²) in [7, 11) is -3.93. The second-order valence-electron chi connectivity index (χ2n) is 7.47. The third-order valence-electron chi connectivity index (χ3n) is 5.24. The molecule has 1 unspecified atom stereocenters. The summed E-state index contributed by atoms with van der Waals surface area (Å²) in [6.45, 7) is 2.11. The summed E-state index contributed by atoms with van der Waals surface area (Å²) in [5, 5.41) is 2.82. The summed E-state index contributed by atoms with van der Waals surface area (Å²) < 4.78 is 27.6. The number of amides is 1. The van der Waals surface area contributed by atoms with E-state index in [-0.39, 0.29) is 34.8 Å². The van der Waals surface area contributed by atoms with E-state index in [1.165, 1.54) is 22.5 Å². The highest BCUT2D eigenvalue weighted by Crippen LogP contribution is 2.25. The molecule has 0 bridgehead atoms. The van der Waals surface area contributed by atoms with E-state index in [0.717, 1.165) is 5.69 Å². The van der Waals surface area contributed by atoms with Gasteiger partial charge in [0.1, 0.15) is 5.82 Å². The first-order chi connectivity index (χ1) is 14.7. The van der Waals surface area contributed by atoms with Crippen molar-refractivity contribution in [3.63, 3.8) is 0 Å². The van der Waals surface area contributed by atoms with Crippen LogP contribution in [0.2, 0.25) is 0 Å². The molecule has 162 valence electrons. The summed E-state index contributed by atoms with van der Waals surface area (Å²) >= 11 is 0. The van der Waals surface area contributed by atoms with Crippen molar-refractivity contribution >= 4 is 32.7 Å². The van der Waals surface area contributed by atoms with Gasteiger partial charge in [0.05, 0.1) is 21.7 Å². The number of sulfonamides is 1. The number of H-pyrrole nitrogens is 2. The molecule has 1 saturated heterocycles. The number of carbonyl (C=O) groups excluding carboxylic acids is 1. The molecule has 2 aromatic heterocycles. The monoisotopic (exact) mass is 443 g/mol. The predicted octanol–water partition coefficient (Wildman–Crippen LogP) is 0.959. The Kier molecular flexibility index (Phi) is 5.46. The van der Waals surface area contributed by atoms with Gasteiger partial charge in [-0.3, -0.25) is 14.6 Å². The molecule has 31 heavy (non-hydrogen) atoms. The van der Waals surface area contributed by atoms with Crippen LogP contribution in [0.5, 0.6) is 0 Å². The van der Waals surface area contributed by atoms with E-state index in [4.69, 9.17) is 0 Å². The molecule has 1 aliphatic rings. The Morgan fingerprint density at radius 2 is 2.00 bits per heavy atom. The van der Waals surface area contributed by atoms with Crippen LogP contribution in [0.1, 0.15) is 18.5 Å². The molecule has 0 radical (unpaired) electrons. The Morgan fingerprint density at radius 1 is 1.19 bits per heavy atom. The minimum absolute atomic E-state index is 0.0278. The van der Waals surface area contributed by atoms with Gasteiger partial charge in [-0.1, -0.05) is 6.07 Å². The van der Waals surface area contributed by atoms with Crippen LogP contribution in [0.15, 0.2) is 50.9 Å². The number of pyridine rings is 1. The van der Waals surface area contributed by atoms with Crippen LogP contribution in [0.4, 0.5) is 5.82 Å². The molecule has 3 aromatic rings. The van der Waals surface area contributed by atoms with Gasteiger partial charge in [0.2, 0.25) is 15.9 Å². The fraction of sp³-hybridized carbons (Fsp3) is 0.300. The van der Waals surface area contributed by atoms with Crippen LogP contribution in [-0.4, -0.2) is 46.7 Å². The molecule has 1 atom stereocenters. The van der Waals surface area contributed by atoms with Crippen molar-refractivity contribution < 1.29 is 13.2 Å². The largest absolute Gasteiger partial charge is 0.326 e. The van der Waals surface area contributed by atoms with Gasteiger partial charge >= 0.3 is 5.69 Å². The second-order valence-corrected chi connectivity index (χ2v) is 9.41. The molecule has 11 heteroatoms. The number of carbonyl (C=O) groups is 1. The number of nitrogens with one attached hydrogen (secondary N) is 3. The standard InChI is InChI=1S/C20H21N5O5S/c1-12-4-2-6-17(21-12)23-18(26)13-5-3-9-25(11-13)31(29,30)14-7-8-16-15(10-14)19(27)24-20(28)22-16/h2,4,6-8,10,13H,3,5,9,11H2,1H3,(H,21,23,26)(H2,22,24,27,28). The average molecular weight is 443 g/mol. The quantitative estimate of drug-likeness (QED) is 0.548. The van der Waals surface area contributed by atoms with Gasteiger partial charge in [-0.2, -0.15) is 4.31 Å². The summed E-state index contributed by atoms with van der Waals surface area (Å²) in [4.78, 5) is 44.9. The predicted molar refractivity (Wildman–Crippen MR) is 114 cm³/mol. The Balaban J connectivity index is 1.57. The maximum Gasteiger partial charge on any atom is 0.326 e. The number of aromatic amines is 2. The molecule has 1 aliphatic heterocycles. The van der Waals surface area contributed by atoms with Crippen molar-refractivity contribution in [1.82, 2.24) is 19.3 Å². The summed E-state index contributed by atoms with van der Waals surface area (Å²) in [5.74, 6) is -0.385. The third kappa shape index (κ3) is 4.28. The molecule has 10 nitrogen and oxygen atoms in total. The smallest absolute Gasteiger partial charge is 0.310 e. The van der Waals surface area contributed by atoms with E-state index < -0.39 is 27.2 Å². The van der Waals surface area contributed by atoms with Crippen LogP contribution in [0, 0.1) is 12.8 Å². The molecule has 0 aliphatic carbocycles. The Morgan fingerprint density at radius 3 is 2.77 bits per heavy atom. The van der Waals surface area contributed by atoms with E-state index in [0.29, 0.717) is 18.7 Å². The zero-order valence-corrected chi connectivity index (χ0v) is 17.5. The van der Waals surface area contributed by atoms with Crippen molar-refractivity contribution in [2.24, 2.45) is 5.92 Å². The van der Waals surface area contributed by atoms with Gasteiger partial charge in [0.15, 0.2) is 0 Å². The molecule has 3 heterocycles. The zero-order valence-electron chi connectivity index (χ0n) is 16.7. The average Bonchev–Trinajstić information content (AvgIpc) is 2.73. The lowest BCUT2D eigenvalue weighted by Crippen LogP contribution is -2.43. The lowest BCUT2D eigenvalue weighted by Gasteiger charge is -2.31. The highest BCUT2D eigenvalue weighted by atomic mass is 32.2. The van der Waals surface area contributed by atoms with Crippen molar-refractivity contribution in [2.45, 2.75) is 24.7 Å². The topological polar surface area (TPSA) is 145 Å². The fourth-order valence-electron chi connectivity index (χ4n) is 3.67. The van der Waals surface area contributed by atoms with Crippen LogP contribution in [0.3, 0.4) is 0 Å². The summed E-state index contributed by atoms with van der Waals surface area (Å²) in [5.41, 5.74) is -0.328. The van der Waals surface area contributed by atoms with Gasteiger partial charge in [-0.05, 0) is 50.1 Å². The van der Waals surface area contributed by atoms with E-state index in [2.05, 4.69) is 20.3 Å². The highest BCUT2D eigenvalue weighted by Gasteiger charge is 2.33. The third-order valence-corrected chi connectivity index (χ3v) is 7.10. The van der Waals surface area contributed by atoms with Crippen LogP contribution >= 0.6 is 0 Å². The van der Waals surface area contributed by atoms with Crippen molar-refractivity contribution in [2.75, 3.05) is 18.4 Å². The lowest BCUT2D eigenvalue weighted by atomic mass is 9.99. The van der Waals surface area contributed by atoms with E-state index >= 15 is 0 Å². The molecule has 1 aromatic carbocycles. The minimum Gasteiger partial charge on any atom is -0.310 e. The Bertz CT molecular complexity index is 1380. The van der Waals surface area contributed by atoms with E-state index in [9.17, 15) is 22.8 Å². The molecule has 0 spiro atoms. The number of nitrogens with zero attached hydrogens (tertiary/aromatic N) is 2. The van der Waals surface area contributed by atoms with E-state index in [1.54, 1.807) is 12.1 Å². The maximum absolute atomic E-state index is 13.2. The Labute approximate surface area is 177 Å². The molecule has 1 amide bonds. The summed E-state index contributed by atoms with van der Waals surface area (Å²) in [6, 6.07) is 9.24. The van der Waals surface area contributed by atoms with Gasteiger partial charge in [-0.25, -0.2) is 18.2 Å². The van der Waals surface area contributed by atoms with Gasteiger partial charge in [-0.15, -0.1) is 0 Å². The van der Waals surface area contributed by atoms with Gasteiger partial charge in [0.25, 0.3) is 5.56 Å². The number of rotatable bonds is 4. The first-order valence-corrected chi connectivity index (χ1v) is 11.2. The fourth-order valence-corrected chi connectivity index (χ4v) is 5.22. The second kappa shape index (κ2) is 8.08. The number of fused-ring (bicyclic) bond motifs is 1. The zero-order chi connectivity index (χ0) is 22.2. The number of hydrogen-bond donors (Lipinski definition) is 3. The first kappa shape index (κ1) is 20.9. The SMILES string of the molecule is Cc1cccc(NC(=O)C2CCCN(S(=O)(=O)c3ccc4[nH]c(=O)[nH]c(=O)c4c3)C2)n1. The normalized spacial score (nSPS) is 17.5. The van der Waals surface area contributed by atoms with Crippen molar-refractivity contribution in [3.05, 3.63) is 62.9 Å². The number of aryl methyl sites for hydroxylation is 1. The molecule has 1 fully saturated rings. The molecular formula is C20H21N5O5S. The minimum atomic E-state index is -3.93. The van der Waals surface area contributed by atoms with Crippen LogP contribution < -0.4 is 16.6 Å². The number of benzene rings is 1. The lowest BCUT2D eigenvalue weighted by molar-refractivity contribution is -0.120. The number of piperidine rings is 1. The molecular weight excluding hydrogens is 422 g/mol. The van der Waals surface area contributed by atoms with E-state index in [1.807, 2.05) is 13.0 Å². The number of hydrogen-bond acceptors (Lipinski definition) is 6. The van der Waals surface area contributed by atoms with Crippen molar-refractivity contribution in [3.8, 4) is 0 Å². The molecule has 0 saturated carbocycles. The van der Waals surface area contributed by atoms with Crippen LogP contribution in [-0.2, 0) is 14.8 Å². The highest BCUT2D eigenvalue weighted by molar-refractivity contribution is 7.89. The number of aromatic nitrogens is 3. The molecule has 3 N–H and O–H groups in total. The molecule has 4 rings (SSSR count).